The van der Waals surface area contributed by atoms with Crippen LogP contribution in [0.1, 0.15) is 21.5 Å². The highest BCUT2D eigenvalue weighted by molar-refractivity contribution is 7.92. The maximum atomic E-state index is 12.7. The SMILES string of the molecule is Cc1cccc(NS(=O)(=O)c2ccc(C(=O)NCCN3CCOCC3)cc2)c1C. The van der Waals surface area contributed by atoms with Gasteiger partial charge in [-0.25, -0.2) is 8.42 Å². The van der Waals surface area contributed by atoms with Crippen molar-refractivity contribution in [3.8, 4) is 0 Å². The summed E-state index contributed by atoms with van der Waals surface area (Å²) in [4.78, 5) is 14.6. The van der Waals surface area contributed by atoms with Crippen LogP contribution in [-0.4, -0.2) is 58.6 Å². The number of nitrogens with zero attached hydrogens (tertiary/aromatic N) is 1. The fraction of sp³-hybridized carbons (Fsp3) is 0.381. The summed E-state index contributed by atoms with van der Waals surface area (Å²) in [6.07, 6.45) is 0. The Hall–Kier alpha value is -2.42. The van der Waals surface area contributed by atoms with Gasteiger partial charge in [-0.05, 0) is 55.3 Å². The number of nitrogens with one attached hydrogen (secondary N) is 2. The maximum Gasteiger partial charge on any atom is 0.261 e. The fourth-order valence-corrected chi connectivity index (χ4v) is 4.23. The van der Waals surface area contributed by atoms with Crippen LogP contribution >= 0.6 is 0 Å². The molecule has 1 saturated heterocycles. The second kappa shape index (κ2) is 9.39. The Morgan fingerprint density at radius 2 is 1.76 bits per heavy atom. The van der Waals surface area contributed by atoms with Crippen LogP contribution in [0.3, 0.4) is 0 Å². The molecule has 1 heterocycles. The van der Waals surface area contributed by atoms with Crippen LogP contribution in [0.25, 0.3) is 0 Å². The number of hydrogen-bond donors (Lipinski definition) is 2. The minimum Gasteiger partial charge on any atom is -0.379 e. The summed E-state index contributed by atoms with van der Waals surface area (Å²) < 4.78 is 33.3. The minimum absolute atomic E-state index is 0.114. The number of carbonyl (C=O) groups excluding carboxylic acids is 1. The van der Waals surface area contributed by atoms with Crippen molar-refractivity contribution >= 4 is 21.6 Å². The van der Waals surface area contributed by atoms with Crippen molar-refractivity contribution in [2.24, 2.45) is 0 Å². The van der Waals surface area contributed by atoms with E-state index in [0.717, 1.165) is 44.0 Å². The molecule has 2 aromatic rings. The number of benzene rings is 2. The first-order valence-corrected chi connectivity index (χ1v) is 11.1. The highest BCUT2D eigenvalue weighted by Gasteiger charge is 2.17. The zero-order chi connectivity index (χ0) is 20.9. The Morgan fingerprint density at radius 3 is 2.45 bits per heavy atom. The van der Waals surface area contributed by atoms with Gasteiger partial charge in [0.2, 0.25) is 0 Å². The van der Waals surface area contributed by atoms with Crippen LogP contribution in [0.5, 0.6) is 0 Å². The average molecular weight is 418 g/mol. The van der Waals surface area contributed by atoms with E-state index < -0.39 is 10.0 Å². The molecule has 2 N–H and O–H groups in total. The zero-order valence-electron chi connectivity index (χ0n) is 16.8. The molecule has 156 valence electrons. The summed E-state index contributed by atoms with van der Waals surface area (Å²) in [6, 6.07) is 11.4. The lowest BCUT2D eigenvalue weighted by Gasteiger charge is -2.26. The van der Waals surface area contributed by atoms with Crippen molar-refractivity contribution in [1.29, 1.82) is 0 Å². The number of sulfonamides is 1. The molecule has 1 aliphatic rings. The number of aryl methyl sites for hydroxylation is 1. The third kappa shape index (κ3) is 5.56. The van der Waals surface area contributed by atoms with Gasteiger partial charge in [0.15, 0.2) is 0 Å². The van der Waals surface area contributed by atoms with Crippen molar-refractivity contribution in [3.63, 3.8) is 0 Å². The third-order valence-electron chi connectivity index (χ3n) is 5.09. The summed E-state index contributed by atoms with van der Waals surface area (Å²) in [5.74, 6) is -0.218. The van der Waals surface area contributed by atoms with Crippen molar-refractivity contribution in [1.82, 2.24) is 10.2 Å². The van der Waals surface area contributed by atoms with Gasteiger partial charge < -0.3 is 10.1 Å². The van der Waals surface area contributed by atoms with Gasteiger partial charge >= 0.3 is 0 Å². The number of hydrogen-bond acceptors (Lipinski definition) is 5. The van der Waals surface area contributed by atoms with E-state index in [9.17, 15) is 13.2 Å². The van der Waals surface area contributed by atoms with E-state index in [4.69, 9.17) is 4.74 Å². The molecule has 1 amide bonds. The van der Waals surface area contributed by atoms with Gasteiger partial charge in [-0.3, -0.25) is 14.4 Å². The van der Waals surface area contributed by atoms with Gasteiger partial charge in [-0.2, -0.15) is 0 Å². The largest absolute Gasteiger partial charge is 0.379 e. The van der Waals surface area contributed by atoms with Crippen LogP contribution in [0.15, 0.2) is 47.4 Å². The zero-order valence-corrected chi connectivity index (χ0v) is 17.6. The molecule has 7 nitrogen and oxygen atoms in total. The number of carbonyl (C=O) groups is 1. The van der Waals surface area contributed by atoms with Crippen LogP contribution in [0, 0.1) is 13.8 Å². The van der Waals surface area contributed by atoms with Gasteiger partial charge in [0, 0.05) is 31.7 Å². The van der Waals surface area contributed by atoms with E-state index in [1.807, 2.05) is 26.0 Å². The second-order valence-electron chi connectivity index (χ2n) is 7.09. The third-order valence-corrected chi connectivity index (χ3v) is 6.47. The molecule has 8 heteroatoms. The van der Waals surface area contributed by atoms with Gasteiger partial charge in [0.25, 0.3) is 15.9 Å². The van der Waals surface area contributed by atoms with Crippen molar-refractivity contribution < 1.29 is 17.9 Å². The highest BCUT2D eigenvalue weighted by atomic mass is 32.2. The van der Waals surface area contributed by atoms with E-state index in [1.165, 1.54) is 24.3 Å². The quantitative estimate of drug-likeness (QED) is 0.721. The molecule has 0 unspecified atom stereocenters. The molecule has 0 aliphatic carbocycles. The number of anilines is 1. The molecule has 0 aromatic heterocycles. The smallest absolute Gasteiger partial charge is 0.261 e. The molecule has 29 heavy (non-hydrogen) atoms. The maximum absolute atomic E-state index is 12.7. The molecule has 0 saturated carbocycles. The lowest BCUT2D eigenvalue weighted by Crippen LogP contribution is -2.41. The summed E-state index contributed by atoms with van der Waals surface area (Å²) in [6.45, 7) is 8.29. The molecule has 1 fully saturated rings. The molecule has 0 atom stereocenters. The molecular weight excluding hydrogens is 390 g/mol. The van der Waals surface area contributed by atoms with Crippen LogP contribution in [0.4, 0.5) is 5.69 Å². The molecule has 2 aromatic carbocycles. The Morgan fingerprint density at radius 1 is 1.07 bits per heavy atom. The number of amides is 1. The first-order chi connectivity index (χ1) is 13.9. The van der Waals surface area contributed by atoms with Crippen LogP contribution < -0.4 is 10.0 Å². The molecular formula is C21H27N3O4S. The monoisotopic (exact) mass is 417 g/mol. The summed E-state index contributed by atoms with van der Waals surface area (Å²) in [5.41, 5.74) is 2.87. The summed E-state index contributed by atoms with van der Waals surface area (Å²) in [7, 11) is -3.73. The standard InChI is InChI=1S/C21H27N3O4S/c1-16-4-3-5-20(17(16)2)23-29(26,27)19-8-6-18(7-9-19)21(25)22-10-11-24-12-14-28-15-13-24/h3-9,23H,10-15H2,1-2H3,(H,22,25). The topological polar surface area (TPSA) is 87.7 Å². The normalized spacial score (nSPS) is 15.1. The fourth-order valence-electron chi connectivity index (χ4n) is 3.11. The van der Waals surface area contributed by atoms with Crippen molar-refractivity contribution in [2.75, 3.05) is 44.1 Å². The number of ether oxygens (including phenoxy) is 1. The first-order valence-electron chi connectivity index (χ1n) is 9.64. The van der Waals surface area contributed by atoms with Gasteiger partial charge in [-0.15, -0.1) is 0 Å². The van der Waals surface area contributed by atoms with Crippen LogP contribution in [0.2, 0.25) is 0 Å². The van der Waals surface area contributed by atoms with E-state index in [0.29, 0.717) is 17.8 Å². The van der Waals surface area contributed by atoms with Gasteiger partial charge in [0.05, 0.1) is 23.8 Å². The predicted octanol–water partition coefficient (Wildman–Crippen LogP) is 2.17. The molecule has 0 radical (unpaired) electrons. The Balaban J connectivity index is 1.59. The number of rotatable bonds is 7. The van der Waals surface area contributed by atoms with E-state index in [-0.39, 0.29) is 10.8 Å². The molecule has 3 rings (SSSR count). The molecule has 0 bridgehead atoms. The van der Waals surface area contributed by atoms with Gasteiger partial charge in [0.1, 0.15) is 0 Å². The van der Waals surface area contributed by atoms with Gasteiger partial charge in [-0.1, -0.05) is 12.1 Å². The predicted molar refractivity (Wildman–Crippen MR) is 113 cm³/mol. The van der Waals surface area contributed by atoms with E-state index in [2.05, 4.69) is 14.9 Å². The molecule has 0 spiro atoms. The first kappa shape index (κ1) is 21.3. The Bertz CT molecular complexity index is 952. The lowest BCUT2D eigenvalue weighted by molar-refractivity contribution is 0.0383. The van der Waals surface area contributed by atoms with Crippen molar-refractivity contribution in [3.05, 3.63) is 59.2 Å². The summed E-state index contributed by atoms with van der Waals surface area (Å²) >= 11 is 0. The Kier molecular flexibility index (Phi) is 6.89. The van der Waals surface area contributed by atoms with Crippen molar-refractivity contribution in [2.45, 2.75) is 18.7 Å². The average Bonchev–Trinajstić information content (AvgIpc) is 2.72. The van der Waals surface area contributed by atoms with E-state index >= 15 is 0 Å². The second-order valence-corrected chi connectivity index (χ2v) is 8.77. The molecule has 1 aliphatic heterocycles. The Labute approximate surface area is 172 Å². The summed E-state index contributed by atoms with van der Waals surface area (Å²) in [5, 5.41) is 2.87. The van der Waals surface area contributed by atoms with Crippen LogP contribution in [-0.2, 0) is 14.8 Å². The van der Waals surface area contributed by atoms with E-state index in [1.54, 1.807) is 6.07 Å². The minimum atomic E-state index is -3.73. The lowest BCUT2D eigenvalue weighted by atomic mass is 10.1. The number of morpholine rings is 1. The highest BCUT2D eigenvalue weighted by Crippen LogP contribution is 2.22.